The van der Waals surface area contributed by atoms with Crippen LogP contribution in [-0.2, 0) is 9.53 Å². The van der Waals surface area contributed by atoms with Crippen molar-refractivity contribution in [2.24, 2.45) is 0 Å². The van der Waals surface area contributed by atoms with Crippen molar-refractivity contribution >= 4 is 11.6 Å². The van der Waals surface area contributed by atoms with Crippen molar-refractivity contribution in [3.8, 4) is 6.07 Å². The van der Waals surface area contributed by atoms with Gasteiger partial charge in [0.25, 0.3) is 5.91 Å². The van der Waals surface area contributed by atoms with Gasteiger partial charge < -0.3 is 15.0 Å². The van der Waals surface area contributed by atoms with E-state index >= 15 is 0 Å². The second-order valence-corrected chi connectivity index (χ2v) is 4.24. The van der Waals surface area contributed by atoms with Crippen LogP contribution in [0, 0.1) is 11.3 Å². The zero-order valence-electron chi connectivity index (χ0n) is 10.1. The number of benzene rings is 1. The summed E-state index contributed by atoms with van der Waals surface area (Å²) in [5, 5.41) is 11.7. The van der Waals surface area contributed by atoms with E-state index < -0.39 is 0 Å². The minimum absolute atomic E-state index is 0.0606. The predicted octanol–water partition coefficient (Wildman–Crippen LogP) is -0.588. The van der Waals surface area contributed by atoms with E-state index in [9.17, 15) is 4.79 Å². The highest BCUT2D eigenvalue weighted by molar-refractivity contribution is 5.92. The number of nitrogens with zero attached hydrogens (tertiary/aromatic N) is 1. The van der Waals surface area contributed by atoms with Crippen molar-refractivity contribution in [1.29, 1.82) is 5.26 Å². The van der Waals surface area contributed by atoms with E-state index in [1.807, 2.05) is 0 Å². The highest BCUT2D eigenvalue weighted by Crippen LogP contribution is 2.12. The van der Waals surface area contributed by atoms with E-state index in [1.165, 1.54) is 4.90 Å². The number of amides is 1. The summed E-state index contributed by atoms with van der Waals surface area (Å²) in [4.78, 5) is 13.1. The average Bonchev–Trinajstić information content (AvgIpc) is 2.40. The first-order chi connectivity index (χ1) is 8.79. The number of hydrogen-bond acceptors (Lipinski definition) is 3. The van der Waals surface area contributed by atoms with Crippen molar-refractivity contribution in [1.82, 2.24) is 0 Å². The number of nitriles is 1. The average molecular weight is 246 g/mol. The number of anilines is 1. The van der Waals surface area contributed by atoms with E-state index in [0.29, 0.717) is 31.0 Å². The van der Waals surface area contributed by atoms with Gasteiger partial charge in [0.15, 0.2) is 6.54 Å². The summed E-state index contributed by atoms with van der Waals surface area (Å²) in [6.07, 6.45) is 0. The lowest BCUT2D eigenvalue weighted by Gasteiger charge is -2.23. The Bertz CT molecular complexity index is 462. The van der Waals surface area contributed by atoms with Crippen LogP contribution in [-0.4, -0.2) is 38.8 Å². The van der Waals surface area contributed by atoms with Crippen LogP contribution in [0.4, 0.5) is 5.69 Å². The first-order valence-electron chi connectivity index (χ1n) is 6.00. The van der Waals surface area contributed by atoms with Crippen LogP contribution in [0.2, 0.25) is 0 Å². The van der Waals surface area contributed by atoms with Crippen LogP contribution >= 0.6 is 0 Å². The van der Waals surface area contributed by atoms with Crippen LogP contribution < -0.4 is 10.2 Å². The Morgan fingerprint density at radius 2 is 2.11 bits per heavy atom. The number of carbonyl (C=O) groups is 1. The van der Waals surface area contributed by atoms with Gasteiger partial charge in [-0.15, -0.1) is 0 Å². The van der Waals surface area contributed by atoms with Crippen LogP contribution in [0.1, 0.15) is 5.56 Å². The van der Waals surface area contributed by atoms with Crippen molar-refractivity contribution < 1.29 is 14.4 Å². The zero-order valence-corrected chi connectivity index (χ0v) is 10.1. The number of nitrogens with one attached hydrogen (secondary N) is 2. The highest BCUT2D eigenvalue weighted by atomic mass is 16.5. The highest BCUT2D eigenvalue weighted by Gasteiger charge is 2.18. The monoisotopic (exact) mass is 246 g/mol. The quantitative estimate of drug-likeness (QED) is 0.749. The normalized spacial score (nSPS) is 15.9. The third kappa shape index (κ3) is 3.29. The molecule has 0 saturated carbocycles. The topological polar surface area (TPSA) is 66.6 Å². The molecule has 0 bridgehead atoms. The summed E-state index contributed by atoms with van der Waals surface area (Å²) in [6.45, 7) is 3.54. The summed E-state index contributed by atoms with van der Waals surface area (Å²) < 4.78 is 5.24. The summed E-state index contributed by atoms with van der Waals surface area (Å²) in [5.41, 5.74) is 1.07. The number of hydrogen-bond donors (Lipinski definition) is 2. The standard InChI is InChI=1S/C13H15N3O2/c14-9-11-3-1-2-4-12(11)15-13(17)10-16-5-7-18-8-6-16/h1-4H,5-8,10H2,(H,15,17)/p+1. The molecule has 0 atom stereocenters. The molecule has 1 fully saturated rings. The van der Waals surface area contributed by atoms with Crippen molar-refractivity contribution in [3.63, 3.8) is 0 Å². The molecule has 1 heterocycles. The maximum atomic E-state index is 11.9. The number of quaternary nitrogens is 1. The molecule has 2 N–H and O–H groups in total. The lowest BCUT2D eigenvalue weighted by Crippen LogP contribution is -3.15. The van der Waals surface area contributed by atoms with Crippen LogP contribution in [0.5, 0.6) is 0 Å². The van der Waals surface area contributed by atoms with Crippen molar-refractivity contribution in [2.75, 3.05) is 38.2 Å². The molecule has 2 rings (SSSR count). The molecule has 1 aromatic carbocycles. The fourth-order valence-corrected chi connectivity index (χ4v) is 1.95. The molecule has 0 aromatic heterocycles. The third-order valence-electron chi connectivity index (χ3n) is 2.93. The Morgan fingerprint density at radius 3 is 2.83 bits per heavy atom. The van der Waals surface area contributed by atoms with Gasteiger partial charge in [-0.1, -0.05) is 12.1 Å². The lowest BCUT2D eigenvalue weighted by atomic mass is 10.2. The van der Waals surface area contributed by atoms with Gasteiger partial charge in [-0.05, 0) is 12.1 Å². The molecule has 0 aliphatic carbocycles. The first kappa shape index (κ1) is 12.6. The zero-order chi connectivity index (χ0) is 12.8. The maximum absolute atomic E-state index is 11.9. The smallest absolute Gasteiger partial charge is 0.279 e. The second-order valence-electron chi connectivity index (χ2n) is 4.24. The minimum atomic E-state index is -0.0606. The largest absolute Gasteiger partial charge is 0.370 e. The van der Waals surface area contributed by atoms with E-state index in [1.54, 1.807) is 24.3 Å². The lowest BCUT2D eigenvalue weighted by molar-refractivity contribution is -0.899. The summed E-state index contributed by atoms with van der Waals surface area (Å²) in [5.74, 6) is -0.0606. The summed E-state index contributed by atoms with van der Waals surface area (Å²) in [7, 11) is 0. The SMILES string of the molecule is N#Cc1ccccc1NC(=O)C[NH+]1CCOCC1. The fourth-order valence-electron chi connectivity index (χ4n) is 1.95. The van der Waals surface area contributed by atoms with E-state index in [0.717, 1.165) is 13.1 Å². The predicted molar refractivity (Wildman–Crippen MR) is 66.2 cm³/mol. The number of morpholine rings is 1. The summed E-state index contributed by atoms with van der Waals surface area (Å²) >= 11 is 0. The number of ether oxygens (including phenoxy) is 1. The molecule has 0 spiro atoms. The summed E-state index contributed by atoms with van der Waals surface area (Å²) in [6, 6.07) is 9.08. The van der Waals surface area contributed by atoms with Crippen molar-refractivity contribution in [3.05, 3.63) is 29.8 Å². The fraction of sp³-hybridized carbons (Fsp3) is 0.385. The van der Waals surface area contributed by atoms with Gasteiger partial charge in [-0.3, -0.25) is 4.79 Å². The Labute approximate surface area is 106 Å². The van der Waals surface area contributed by atoms with E-state index in [2.05, 4.69) is 11.4 Å². The molecule has 18 heavy (non-hydrogen) atoms. The first-order valence-corrected chi connectivity index (χ1v) is 6.00. The number of rotatable bonds is 3. The number of carbonyl (C=O) groups excluding carboxylic acids is 1. The number of para-hydroxylation sites is 1. The molecule has 1 saturated heterocycles. The van der Waals surface area contributed by atoms with Crippen LogP contribution in [0.25, 0.3) is 0 Å². The molecular weight excluding hydrogens is 230 g/mol. The minimum Gasteiger partial charge on any atom is -0.370 e. The molecule has 1 aliphatic rings. The van der Waals surface area contributed by atoms with Crippen LogP contribution in [0.3, 0.4) is 0 Å². The molecular formula is C13H16N3O2+. The van der Waals surface area contributed by atoms with Gasteiger partial charge >= 0.3 is 0 Å². The molecule has 1 aromatic rings. The van der Waals surface area contributed by atoms with Crippen molar-refractivity contribution in [2.45, 2.75) is 0 Å². The van der Waals surface area contributed by atoms with Gasteiger partial charge in [-0.25, -0.2) is 0 Å². The molecule has 94 valence electrons. The molecule has 5 nitrogen and oxygen atoms in total. The molecule has 0 radical (unpaired) electrons. The van der Waals surface area contributed by atoms with Crippen LogP contribution in [0.15, 0.2) is 24.3 Å². The Hall–Kier alpha value is -1.90. The molecule has 1 amide bonds. The van der Waals surface area contributed by atoms with Gasteiger partial charge in [0.2, 0.25) is 0 Å². The third-order valence-corrected chi connectivity index (χ3v) is 2.93. The maximum Gasteiger partial charge on any atom is 0.279 e. The Balaban J connectivity index is 1.92. The van der Waals surface area contributed by atoms with Gasteiger partial charge in [0.1, 0.15) is 19.2 Å². The van der Waals surface area contributed by atoms with Gasteiger partial charge in [0, 0.05) is 0 Å². The van der Waals surface area contributed by atoms with E-state index in [-0.39, 0.29) is 5.91 Å². The molecule has 5 heteroatoms. The van der Waals surface area contributed by atoms with Gasteiger partial charge in [0.05, 0.1) is 24.5 Å². The Kier molecular flexibility index (Phi) is 4.29. The Morgan fingerprint density at radius 1 is 1.39 bits per heavy atom. The second kappa shape index (κ2) is 6.15. The molecule has 1 aliphatic heterocycles. The van der Waals surface area contributed by atoms with E-state index in [4.69, 9.17) is 10.00 Å². The molecule has 0 unspecified atom stereocenters. The van der Waals surface area contributed by atoms with Gasteiger partial charge in [-0.2, -0.15) is 5.26 Å².